The van der Waals surface area contributed by atoms with Crippen molar-refractivity contribution in [2.45, 2.75) is 39.0 Å². The number of amides is 1. The third-order valence-electron chi connectivity index (χ3n) is 4.43. The Bertz CT molecular complexity index is 943. The van der Waals surface area contributed by atoms with E-state index in [0.717, 1.165) is 49.2 Å². The molecule has 2 heterocycles. The molecule has 0 spiro atoms. The molecule has 3 rings (SSSR count). The average Bonchev–Trinajstić information content (AvgIpc) is 3.23. The van der Waals surface area contributed by atoms with Gasteiger partial charge in [0, 0.05) is 18.7 Å². The van der Waals surface area contributed by atoms with Crippen molar-refractivity contribution < 1.29 is 14.7 Å². The molecule has 1 amide bonds. The number of rotatable bonds is 12. The zero-order valence-electron chi connectivity index (χ0n) is 16.9. The number of aromatic nitrogens is 4. The zero-order valence-corrected chi connectivity index (χ0v) is 16.9. The van der Waals surface area contributed by atoms with Gasteiger partial charge in [0.2, 0.25) is 11.9 Å². The van der Waals surface area contributed by atoms with E-state index in [-0.39, 0.29) is 5.91 Å². The van der Waals surface area contributed by atoms with Crippen LogP contribution in [0.4, 0.5) is 17.5 Å². The fraction of sp³-hybridized carbons (Fsp3) is 0.400. The highest BCUT2D eigenvalue weighted by molar-refractivity contribution is 5.84. The lowest BCUT2D eigenvalue weighted by Gasteiger charge is -2.10. The van der Waals surface area contributed by atoms with Crippen molar-refractivity contribution in [3.8, 4) is 5.75 Å². The number of anilines is 3. The van der Waals surface area contributed by atoms with Crippen LogP contribution >= 0.6 is 0 Å². The molecule has 10 nitrogen and oxygen atoms in total. The van der Waals surface area contributed by atoms with Crippen LogP contribution in [0.25, 0.3) is 11.2 Å². The molecule has 0 saturated heterocycles. The smallest absolute Gasteiger partial charge is 0.243 e. The highest BCUT2D eigenvalue weighted by Crippen LogP contribution is 2.22. The number of H-pyrrole nitrogens is 1. The molecular weight excluding hydrogens is 386 g/mol. The van der Waals surface area contributed by atoms with E-state index in [4.69, 9.17) is 9.94 Å². The first-order chi connectivity index (χ1) is 14.7. The summed E-state index contributed by atoms with van der Waals surface area (Å²) >= 11 is 0. The lowest BCUT2D eigenvalue weighted by molar-refractivity contribution is -0.129. The predicted molar refractivity (Wildman–Crippen MR) is 114 cm³/mol. The average molecular weight is 413 g/mol. The van der Waals surface area contributed by atoms with Crippen molar-refractivity contribution in [1.82, 2.24) is 25.4 Å². The van der Waals surface area contributed by atoms with Crippen LogP contribution in [0.15, 0.2) is 30.6 Å². The van der Waals surface area contributed by atoms with Gasteiger partial charge in [-0.05, 0) is 44.0 Å². The Morgan fingerprint density at radius 2 is 1.93 bits per heavy atom. The van der Waals surface area contributed by atoms with Crippen LogP contribution in [-0.2, 0) is 4.79 Å². The Morgan fingerprint density at radius 1 is 1.13 bits per heavy atom. The topological polar surface area (TPSA) is 137 Å². The van der Waals surface area contributed by atoms with Crippen LogP contribution < -0.4 is 20.9 Å². The van der Waals surface area contributed by atoms with Crippen molar-refractivity contribution in [2.75, 3.05) is 23.8 Å². The van der Waals surface area contributed by atoms with Gasteiger partial charge in [-0.2, -0.15) is 9.97 Å². The number of benzene rings is 1. The van der Waals surface area contributed by atoms with Crippen LogP contribution in [0, 0.1) is 0 Å². The quantitative estimate of drug-likeness (QED) is 0.173. The molecule has 3 aromatic rings. The van der Waals surface area contributed by atoms with Gasteiger partial charge >= 0.3 is 0 Å². The highest BCUT2D eigenvalue weighted by Gasteiger charge is 2.09. The van der Waals surface area contributed by atoms with E-state index in [1.807, 2.05) is 31.2 Å². The SMILES string of the molecule is CCNc1nc(Nc2ccc(OCCCCCCC(=O)NO)cc2)nc2nc[nH]c12. The monoisotopic (exact) mass is 413 g/mol. The maximum Gasteiger partial charge on any atom is 0.243 e. The van der Waals surface area contributed by atoms with Crippen LogP contribution in [0.3, 0.4) is 0 Å². The van der Waals surface area contributed by atoms with Gasteiger partial charge in [-0.15, -0.1) is 0 Å². The van der Waals surface area contributed by atoms with E-state index in [0.29, 0.717) is 30.4 Å². The molecule has 30 heavy (non-hydrogen) atoms. The maximum atomic E-state index is 10.9. The number of aromatic amines is 1. The summed E-state index contributed by atoms with van der Waals surface area (Å²) in [6, 6.07) is 7.61. The fourth-order valence-corrected chi connectivity index (χ4v) is 2.94. The number of ether oxygens (including phenoxy) is 1. The molecule has 160 valence electrons. The maximum absolute atomic E-state index is 10.9. The molecule has 10 heteroatoms. The van der Waals surface area contributed by atoms with Gasteiger partial charge in [-0.1, -0.05) is 12.8 Å². The van der Waals surface area contributed by atoms with Crippen LogP contribution in [0.2, 0.25) is 0 Å². The molecule has 0 aliphatic heterocycles. The summed E-state index contributed by atoms with van der Waals surface area (Å²) in [5.74, 6) is 1.62. The molecule has 0 aliphatic carbocycles. The minimum absolute atomic E-state index is 0.340. The van der Waals surface area contributed by atoms with E-state index in [1.165, 1.54) is 0 Å². The van der Waals surface area contributed by atoms with Crippen LogP contribution in [0.1, 0.15) is 39.0 Å². The van der Waals surface area contributed by atoms with Crippen molar-refractivity contribution in [3.63, 3.8) is 0 Å². The van der Waals surface area contributed by atoms with E-state index in [9.17, 15) is 4.79 Å². The number of unbranched alkanes of at least 4 members (excludes halogenated alkanes) is 3. The molecular formula is C20H27N7O3. The molecule has 0 saturated carbocycles. The summed E-state index contributed by atoms with van der Waals surface area (Å²) in [6.45, 7) is 3.37. The van der Waals surface area contributed by atoms with Gasteiger partial charge in [0.15, 0.2) is 11.5 Å². The number of nitrogens with zero attached hydrogens (tertiary/aromatic N) is 3. The second kappa shape index (κ2) is 11.0. The summed E-state index contributed by atoms with van der Waals surface area (Å²) in [6.07, 6.45) is 5.51. The van der Waals surface area contributed by atoms with E-state index in [2.05, 4.69) is 30.6 Å². The zero-order chi connectivity index (χ0) is 21.2. The minimum Gasteiger partial charge on any atom is -0.494 e. The van der Waals surface area contributed by atoms with Crippen LogP contribution in [-0.4, -0.2) is 44.2 Å². The predicted octanol–water partition coefficient (Wildman–Crippen LogP) is 3.36. The molecule has 5 N–H and O–H groups in total. The molecule has 0 radical (unpaired) electrons. The van der Waals surface area contributed by atoms with Crippen molar-refractivity contribution in [3.05, 3.63) is 30.6 Å². The normalized spacial score (nSPS) is 10.7. The summed E-state index contributed by atoms with van der Waals surface area (Å²) in [5, 5.41) is 14.8. The molecule has 0 atom stereocenters. The van der Waals surface area contributed by atoms with Crippen molar-refractivity contribution >= 4 is 34.5 Å². The highest BCUT2D eigenvalue weighted by atomic mass is 16.5. The molecule has 0 aliphatic rings. The summed E-state index contributed by atoms with van der Waals surface area (Å²) in [7, 11) is 0. The lowest BCUT2D eigenvalue weighted by atomic mass is 10.1. The molecule has 0 unspecified atom stereocenters. The number of carbonyl (C=O) groups excluding carboxylic acids is 1. The van der Waals surface area contributed by atoms with Gasteiger partial charge in [-0.25, -0.2) is 10.5 Å². The minimum atomic E-state index is -0.340. The van der Waals surface area contributed by atoms with E-state index in [1.54, 1.807) is 11.8 Å². The number of hydrogen-bond acceptors (Lipinski definition) is 8. The molecule has 0 fully saturated rings. The number of fused-ring (bicyclic) bond motifs is 1. The van der Waals surface area contributed by atoms with Crippen molar-refractivity contribution in [2.24, 2.45) is 0 Å². The number of nitrogens with one attached hydrogen (secondary N) is 4. The lowest BCUT2D eigenvalue weighted by Crippen LogP contribution is -2.17. The number of carbonyl (C=O) groups is 1. The summed E-state index contributed by atoms with van der Waals surface area (Å²) < 4.78 is 5.76. The van der Waals surface area contributed by atoms with Crippen molar-refractivity contribution in [1.29, 1.82) is 0 Å². The van der Waals surface area contributed by atoms with Gasteiger partial charge in [0.25, 0.3) is 0 Å². The Hall–Kier alpha value is -3.40. The third-order valence-corrected chi connectivity index (χ3v) is 4.43. The third kappa shape index (κ3) is 6.05. The summed E-state index contributed by atoms with van der Waals surface area (Å²) in [5.41, 5.74) is 3.87. The standard InChI is InChI=1S/C20H27N7O3/c1-2-21-18-17-19(23-13-22-17)26-20(25-18)24-14-8-10-15(11-9-14)30-12-6-4-3-5-7-16(28)27-29/h8-11,13,29H,2-7,12H2,1H3,(H,27,28)(H3,21,22,23,24,25,26). The van der Waals surface area contributed by atoms with Gasteiger partial charge in [0.05, 0.1) is 12.9 Å². The van der Waals surface area contributed by atoms with Gasteiger partial charge in [0.1, 0.15) is 11.3 Å². The first-order valence-corrected chi connectivity index (χ1v) is 10.1. The first-order valence-electron chi connectivity index (χ1n) is 10.1. The molecule has 2 aromatic heterocycles. The Labute approximate surface area is 174 Å². The fourth-order valence-electron chi connectivity index (χ4n) is 2.94. The van der Waals surface area contributed by atoms with Gasteiger partial charge in [-0.3, -0.25) is 10.0 Å². The van der Waals surface area contributed by atoms with E-state index < -0.39 is 0 Å². The second-order valence-corrected chi connectivity index (χ2v) is 6.72. The second-order valence-electron chi connectivity index (χ2n) is 6.72. The Kier molecular flexibility index (Phi) is 7.78. The first kappa shape index (κ1) is 21.3. The van der Waals surface area contributed by atoms with E-state index >= 15 is 0 Å². The summed E-state index contributed by atoms with van der Waals surface area (Å²) in [4.78, 5) is 27.1. The number of hydrogen-bond donors (Lipinski definition) is 5. The number of hydroxylamine groups is 1. The van der Waals surface area contributed by atoms with Gasteiger partial charge < -0.3 is 20.4 Å². The Morgan fingerprint density at radius 3 is 2.70 bits per heavy atom. The Balaban J connectivity index is 1.46. The molecule has 1 aromatic carbocycles. The largest absolute Gasteiger partial charge is 0.494 e. The number of imidazole rings is 1. The van der Waals surface area contributed by atoms with Crippen LogP contribution in [0.5, 0.6) is 5.75 Å². The molecule has 0 bridgehead atoms.